The summed E-state index contributed by atoms with van der Waals surface area (Å²) in [7, 11) is 0. The van der Waals surface area contributed by atoms with E-state index in [1.165, 1.54) is 6.42 Å². The molecule has 0 aliphatic carbocycles. The van der Waals surface area contributed by atoms with Crippen LogP contribution in [0.1, 0.15) is 42.4 Å². The van der Waals surface area contributed by atoms with Crippen LogP contribution in [0.5, 0.6) is 0 Å². The molecule has 0 saturated carbocycles. The molecule has 2 fully saturated rings. The minimum Gasteiger partial charge on any atom is -0.378 e. The molecule has 1 amide bonds. The Kier molecular flexibility index (Phi) is 4.87. The average Bonchev–Trinajstić information content (AvgIpc) is 2.95. The second-order valence-electron chi connectivity index (χ2n) is 5.86. The lowest BCUT2D eigenvalue weighted by Gasteiger charge is -2.36. The van der Waals surface area contributed by atoms with E-state index < -0.39 is 0 Å². The van der Waals surface area contributed by atoms with Crippen molar-refractivity contribution in [3.8, 4) is 0 Å². The summed E-state index contributed by atoms with van der Waals surface area (Å²) in [6.45, 7) is 5.09. The standard InChI is InChI=1S/C15H23N3O2S/c1-11-10-21-15(17-11)13-4-2-3-6-18(13)14(19)8-12-9-20-7-5-16-12/h10,12-13,16H,2-9H2,1H3. The molecule has 3 rings (SSSR count). The van der Waals surface area contributed by atoms with Crippen molar-refractivity contribution in [3.63, 3.8) is 0 Å². The number of morpholine rings is 1. The highest BCUT2D eigenvalue weighted by Crippen LogP contribution is 2.33. The summed E-state index contributed by atoms with van der Waals surface area (Å²) in [6.07, 6.45) is 3.84. The third-order valence-corrected chi connectivity index (χ3v) is 5.23. The Balaban J connectivity index is 1.66. The number of likely N-dealkylation sites (tertiary alicyclic amines) is 1. The number of ether oxygens (including phenoxy) is 1. The largest absolute Gasteiger partial charge is 0.378 e. The SMILES string of the molecule is Cc1csc(C2CCCCN2C(=O)CC2COCCN2)n1. The van der Waals surface area contributed by atoms with Crippen LogP contribution in [0.15, 0.2) is 5.38 Å². The smallest absolute Gasteiger partial charge is 0.224 e. The van der Waals surface area contributed by atoms with E-state index in [0.717, 1.165) is 43.2 Å². The van der Waals surface area contributed by atoms with E-state index in [9.17, 15) is 4.79 Å². The molecule has 1 N–H and O–H groups in total. The van der Waals surface area contributed by atoms with E-state index in [1.54, 1.807) is 11.3 Å². The number of nitrogens with zero attached hydrogens (tertiary/aromatic N) is 2. The Bertz CT molecular complexity index is 485. The summed E-state index contributed by atoms with van der Waals surface area (Å²) in [4.78, 5) is 19.3. The van der Waals surface area contributed by atoms with Crippen LogP contribution in [0.25, 0.3) is 0 Å². The first-order chi connectivity index (χ1) is 10.2. The van der Waals surface area contributed by atoms with Gasteiger partial charge in [0.2, 0.25) is 5.91 Å². The monoisotopic (exact) mass is 309 g/mol. The van der Waals surface area contributed by atoms with Crippen molar-refractivity contribution in [3.05, 3.63) is 16.1 Å². The first kappa shape index (κ1) is 14.9. The van der Waals surface area contributed by atoms with Gasteiger partial charge in [0.1, 0.15) is 5.01 Å². The van der Waals surface area contributed by atoms with Crippen LogP contribution in [0.4, 0.5) is 0 Å². The maximum Gasteiger partial charge on any atom is 0.224 e. The van der Waals surface area contributed by atoms with Gasteiger partial charge in [-0.15, -0.1) is 11.3 Å². The number of carbonyl (C=O) groups excluding carboxylic acids is 1. The average molecular weight is 309 g/mol. The fourth-order valence-electron chi connectivity index (χ4n) is 3.09. The van der Waals surface area contributed by atoms with Crippen molar-refractivity contribution in [2.45, 2.75) is 44.7 Å². The molecule has 2 atom stereocenters. The third kappa shape index (κ3) is 3.62. The molecule has 1 aromatic heterocycles. The summed E-state index contributed by atoms with van der Waals surface area (Å²) in [6, 6.07) is 0.335. The van der Waals surface area contributed by atoms with Crippen LogP contribution in [0.2, 0.25) is 0 Å². The van der Waals surface area contributed by atoms with Gasteiger partial charge in [0.15, 0.2) is 0 Å². The first-order valence-corrected chi connectivity index (χ1v) is 8.64. The van der Waals surface area contributed by atoms with Gasteiger partial charge in [0.25, 0.3) is 0 Å². The van der Waals surface area contributed by atoms with Crippen LogP contribution in [0.3, 0.4) is 0 Å². The van der Waals surface area contributed by atoms with Gasteiger partial charge in [-0.2, -0.15) is 0 Å². The summed E-state index contributed by atoms with van der Waals surface area (Å²) in [5.41, 5.74) is 1.05. The quantitative estimate of drug-likeness (QED) is 0.926. The number of piperidine rings is 1. The highest BCUT2D eigenvalue weighted by molar-refractivity contribution is 7.09. The second-order valence-corrected chi connectivity index (χ2v) is 6.75. The van der Waals surface area contributed by atoms with Crippen LogP contribution < -0.4 is 5.32 Å². The molecule has 2 aliphatic rings. The van der Waals surface area contributed by atoms with Crippen molar-refractivity contribution in [2.75, 3.05) is 26.3 Å². The molecule has 0 aromatic carbocycles. The van der Waals surface area contributed by atoms with Gasteiger partial charge < -0.3 is 15.0 Å². The molecule has 21 heavy (non-hydrogen) atoms. The number of hydrogen-bond donors (Lipinski definition) is 1. The Labute approximate surface area is 129 Å². The zero-order chi connectivity index (χ0) is 14.7. The zero-order valence-electron chi connectivity index (χ0n) is 12.5. The number of nitrogens with one attached hydrogen (secondary N) is 1. The molecule has 3 heterocycles. The molecule has 0 bridgehead atoms. The fraction of sp³-hybridized carbons (Fsp3) is 0.733. The molecule has 116 valence electrons. The molecular formula is C15H23N3O2S. The van der Waals surface area contributed by atoms with Gasteiger partial charge in [0, 0.05) is 36.6 Å². The van der Waals surface area contributed by atoms with Crippen molar-refractivity contribution < 1.29 is 9.53 Å². The highest BCUT2D eigenvalue weighted by Gasteiger charge is 2.31. The molecule has 2 unspecified atom stereocenters. The van der Waals surface area contributed by atoms with Gasteiger partial charge in [-0.1, -0.05) is 0 Å². The zero-order valence-corrected chi connectivity index (χ0v) is 13.3. The maximum atomic E-state index is 12.7. The van der Waals surface area contributed by atoms with E-state index in [1.807, 2.05) is 11.8 Å². The summed E-state index contributed by atoms with van der Waals surface area (Å²) >= 11 is 1.68. The molecule has 2 aliphatic heterocycles. The topological polar surface area (TPSA) is 54.5 Å². The number of carbonyl (C=O) groups is 1. The normalized spacial score (nSPS) is 26.8. The molecule has 5 nitrogen and oxygen atoms in total. The molecular weight excluding hydrogens is 286 g/mol. The Morgan fingerprint density at radius 1 is 1.57 bits per heavy atom. The summed E-state index contributed by atoms with van der Waals surface area (Å²) in [5.74, 6) is 0.232. The van der Waals surface area contributed by atoms with E-state index in [2.05, 4.69) is 15.7 Å². The number of aryl methyl sites for hydroxylation is 1. The van der Waals surface area contributed by atoms with Crippen molar-refractivity contribution in [1.82, 2.24) is 15.2 Å². The van der Waals surface area contributed by atoms with Gasteiger partial charge in [-0.05, 0) is 26.2 Å². The van der Waals surface area contributed by atoms with Crippen LogP contribution in [-0.2, 0) is 9.53 Å². The minimum atomic E-state index is 0.159. The number of amides is 1. The van der Waals surface area contributed by atoms with Crippen LogP contribution in [0, 0.1) is 6.92 Å². The van der Waals surface area contributed by atoms with Crippen molar-refractivity contribution >= 4 is 17.2 Å². The number of thiazole rings is 1. The van der Waals surface area contributed by atoms with E-state index in [-0.39, 0.29) is 18.0 Å². The molecule has 0 spiro atoms. The van der Waals surface area contributed by atoms with E-state index in [4.69, 9.17) is 4.74 Å². The maximum absolute atomic E-state index is 12.7. The number of aromatic nitrogens is 1. The van der Waals surface area contributed by atoms with E-state index >= 15 is 0 Å². The van der Waals surface area contributed by atoms with Gasteiger partial charge >= 0.3 is 0 Å². The van der Waals surface area contributed by atoms with Gasteiger partial charge in [-0.25, -0.2) is 4.98 Å². The molecule has 2 saturated heterocycles. The third-order valence-electron chi connectivity index (χ3n) is 4.16. The number of rotatable bonds is 3. The lowest BCUT2D eigenvalue weighted by Crippen LogP contribution is -2.46. The van der Waals surface area contributed by atoms with E-state index in [0.29, 0.717) is 13.0 Å². The molecule has 0 radical (unpaired) electrons. The minimum absolute atomic E-state index is 0.159. The van der Waals surface area contributed by atoms with Crippen LogP contribution >= 0.6 is 11.3 Å². The van der Waals surface area contributed by atoms with Crippen molar-refractivity contribution in [1.29, 1.82) is 0 Å². The Morgan fingerprint density at radius 2 is 2.48 bits per heavy atom. The second kappa shape index (κ2) is 6.85. The molecule has 6 heteroatoms. The number of hydrogen-bond acceptors (Lipinski definition) is 5. The molecule has 1 aromatic rings. The Hall–Kier alpha value is -0.980. The van der Waals surface area contributed by atoms with Crippen molar-refractivity contribution in [2.24, 2.45) is 0 Å². The predicted molar refractivity (Wildman–Crippen MR) is 82.4 cm³/mol. The van der Waals surface area contributed by atoms with Gasteiger partial charge in [-0.3, -0.25) is 4.79 Å². The summed E-state index contributed by atoms with van der Waals surface area (Å²) < 4.78 is 5.44. The van der Waals surface area contributed by atoms with Gasteiger partial charge in [0.05, 0.1) is 19.3 Å². The fourth-order valence-corrected chi connectivity index (χ4v) is 4.03. The lowest BCUT2D eigenvalue weighted by molar-refractivity contribution is -0.136. The van der Waals surface area contributed by atoms with Crippen LogP contribution in [-0.4, -0.2) is 48.1 Å². The highest BCUT2D eigenvalue weighted by atomic mass is 32.1. The Morgan fingerprint density at radius 3 is 3.19 bits per heavy atom. The summed E-state index contributed by atoms with van der Waals surface area (Å²) in [5, 5.41) is 6.53. The first-order valence-electron chi connectivity index (χ1n) is 7.76. The lowest BCUT2D eigenvalue weighted by atomic mass is 10.0. The predicted octanol–water partition coefficient (Wildman–Crippen LogP) is 1.88.